The number of hydrogen-bond donors (Lipinski definition) is 2. The molecule has 0 atom stereocenters. The summed E-state index contributed by atoms with van der Waals surface area (Å²) in [4.78, 5) is 17.5. The van der Waals surface area contributed by atoms with Crippen molar-refractivity contribution in [2.45, 2.75) is 20.0 Å². The summed E-state index contributed by atoms with van der Waals surface area (Å²) in [6.45, 7) is 3.56. The van der Waals surface area contributed by atoms with Gasteiger partial charge < -0.3 is 10.4 Å². The van der Waals surface area contributed by atoms with Gasteiger partial charge in [-0.2, -0.15) is 0 Å². The molecule has 0 unspecified atom stereocenters. The number of nitrogens with zero attached hydrogens (tertiary/aromatic N) is 2. The molecule has 21 heavy (non-hydrogen) atoms. The number of aliphatic hydroxyl groups is 1. The van der Waals surface area contributed by atoms with Gasteiger partial charge >= 0.3 is 0 Å². The summed E-state index contributed by atoms with van der Waals surface area (Å²) in [5.74, 6) is -0.118. The van der Waals surface area contributed by atoms with Gasteiger partial charge in [0.2, 0.25) is 5.91 Å². The molecule has 6 heteroatoms. The van der Waals surface area contributed by atoms with Crippen molar-refractivity contribution in [1.82, 2.24) is 9.88 Å². The number of rotatable bonds is 7. The van der Waals surface area contributed by atoms with Gasteiger partial charge in [0.05, 0.1) is 12.3 Å². The van der Waals surface area contributed by atoms with Crippen LogP contribution in [-0.4, -0.2) is 34.0 Å². The number of amides is 1. The molecule has 0 aliphatic heterocycles. The normalized spacial score (nSPS) is 10.8. The molecule has 0 radical (unpaired) electrons. The summed E-state index contributed by atoms with van der Waals surface area (Å²) in [7, 11) is 0. The minimum Gasteiger partial charge on any atom is -0.395 e. The smallest absolute Gasteiger partial charge is 0.223 e. The third-order valence-corrected chi connectivity index (χ3v) is 3.69. The van der Waals surface area contributed by atoms with Crippen LogP contribution in [0.4, 0.5) is 5.13 Å². The van der Waals surface area contributed by atoms with Crippen LogP contribution in [0.2, 0.25) is 0 Å². The monoisotopic (exact) mass is 305 g/mol. The largest absolute Gasteiger partial charge is 0.395 e. The molecule has 1 aromatic heterocycles. The minimum atomic E-state index is -0.118. The van der Waals surface area contributed by atoms with Gasteiger partial charge in [-0.05, 0) is 5.56 Å². The molecule has 0 saturated heterocycles. The fourth-order valence-corrected chi connectivity index (χ4v) is 2.76. The molecule has 2 rings (SSSR count). The van der Waals surface area contributed by atoms with Gasteiger partial charge in [-0.25, -0.2) is 4.98 Å². The fourth-order valence-electron chi connectivity index (χ4n) is 2.01. The number of nitrogens with one attached hydrogen (secondary N) is 1. The molecule has 1 aromatic carbocycles. The quantitative estimate of drug-likeness (QED) is 0.822. The maximum absolute atomic E-state index is 11.0. The van der Waals surface area contributed by atoms with E-state index in [4.69, 9.17) is 0 Å². The Morgan fingerprint density at radius 1 is 1.33 bits per heavy atom. The van der Waals surface area contributed by atoms with Crippen molar-refractivity contribution in [1.29, 1.82) is 0 Å². The predicted molar refractivity (Wildman–Crippen MR) is 84.1 cm³/mol. The van der Waals surface area contributed by atoms with Crippen LogP contribution in [0.1, 0.15) is 18.2 Å². The summed E-state index contributed by atoms with van der Waals surface area (Å²) in [5, 5.41) is 14.4. The van der Waals surface area contributed by atoms with Crippen LogP contribution in [0.25, 0.3) is 0 Å². The van der Waals surface area contributed by atoms with Gasteiger partial charge in [0.15, 0.2) is 5.13 Å². The van der Waals surface area contributed by atoms with Crippen molar-refractivity contribution < 1.29 is 9.90 Å². The molecule has 0 bridgehead atoms. The second kappa shape index (κ2) is 7.87. The lowest BCUT2D eigenvalue weighted by atomic mass is 10.2. The van der Waals surface area contributed by atoms with Crippen molar-refractivity contribution >= 4 is 22.4 Å². The van der Waals surface area contributed by atoms with Crippen LogP contribution < -0.4 is 5.32 Å². The molecule has 0 aliphatic rings. The second-order valence-electron chi connectivity index (χ2n) is 4.75. The van der Waals surface area contributed by atoms with Gasteiger partial charge in [-0.1, -0.05) is 30.3 Å². The van der Waals surface area contributed by atoms with Crippen LogP contribution in [-0.2, 0) is 17.9 Å². The third kappa shape index (κ3) is 5.26. The predicted octanol–water partition coefficient (Wildman–Crippen LogP) is 2.10. The van der Waals surface area contributed by atoms with E-state index in [1.807, 2.05) is 23.6 Å². The first-order chi connectivity index (χ1) is 10.2. The molecular formula is C15H19N3O2S. The molecule has 2 N–H and O–H groups in total. The Bertz CT molecular complexity index is 571. The lowest BCUT2D eigenvalue weighted by Gasteiger charge is -2.20. The van der Waals surface area contributed by atoms with Crippen molar-refractivity contribution in [3.8, 4) is 0 Å². The summed E-state index contributed by atoms with van der Waals surface area (Å²) in [5.41, 5.74) is 2.09. The first-order valence-electron chi connectivity index (χ1n) is 6.76. The Morgan fingerprint density at radius 2 is 2.10 bits per heavy atom. The zero-order valence-corrected chi connectivity index (χ0v) is 12.8. The van der Waals surface area contributed by atoms with Crippen molar-refractivity contribution in [2.75, 3.05) is 18.5 Å². The lowest BCUT2D eigenvalue weighted by Crippen LogP contribution is -2.26. The van der Waals surface area contributed by atoms with E-state index >= 15 is 0 Å². The van der Waals surface area contributed by atoms with Gasteiger partial charge in [0.25, 0.3) is 0 Å². The van der Waals surface area contributed by atoms with E-state index < -0.39 is 0 Å². The molecule has 0 saturated carbocycles. The van der Waals surface area contributed by atoms with Crippen LogP contribution in [0.5, 0.6) is 0 Å². The van der Waals surface area contributed by atoms with Gasteiger partial charge in [0, 0.05) is 31.9 Å². The van der Waals surface area contributed by atoms with Crippen LogP contribution in [0.3, 0.4) is 0 Å². The Kier molecular flexibility index (Phi) is 5.86. The highest BCUT2D eigenvalue weighted by Gasteiger charge is 2.10. The number of anilines is 1. The Labute approximate surface area is 128 Å². The zero-order chi connectivity index (χ0) is 15.1. The SMILES string of the molecule is CC(=O)Nc1nc(CN(CCO)Cc2ccccc2)cs1. The molecule has 0 aliphatic carbocycles. The number of thiazole rings is 1. The Hall–Kier alpha value is -1.76. The summed E-state index contributed by atoms with van der Waals surface area (Å²) < 4.78 is 0. The Balaban J connectivity index is 1.98. The maximum atomic E-state index is 11.0. The van der Waals surface area contributed by atoms with E-state index in [0.29, 0.717) is 18.2 Å². The lowest BCUT2D eigenvalue weighted by molar-refractivity contribution is -0.114. The van der Waals surface area contributed by atoms with E-state index in [-0.39, 0.29) is 12.5 Å². The first-order valence-corrected chi connectivity index (χ1v) is 7.64. The number of hydrogen-bond acceptors (Lipinski definition) is 5. The number of carbonyl (C=O) groups excluding carboxylic acids is 1. The maximum Gasteiger partial charge on any atom is 0.223 e. The van der Waals surface area contributed by atoms with E-state index in [0.717, 1.165) is 12.2 Å². The number of benzene rings is 1. The van der Waals surface area contributed by atoms with Gasteiger partial charge in [0.1, 0.15) is 0 Å². The number of aromatic nitrogens is 1. The summed E-state index contributed by atoms with van der Waals surface area (Å²) >= 11 is 1.41. The third-order valence-electron chi connectivity index (χ3n) is 2.89. The molecule has 1 heterocycles. The number of carbonyl (C=O) groups is 1. The highest BCUT2D eigenvalue weighted by Crippen LogP contribution is 2.17. The van der Waals surface area contributed by atoms with E-state index in [1.54, 1.807) is 0 Å². The van der Waals surface area contributed by atoms with E-state index in [2.05, 4.69) is 27.3 Å². The average Bonchev–Trinajstić information content (AvgIpc) is 2.86. The van der Waals surface area contributed by atoms with Gasteiger partial charge in [-0.3, -0.25) is 9.69 Å². The highest BCUT2D eigenvalue weighted by atomic mass is 32.1. The van der Waals surface area contributed by atoms with Crippen LogP contribution >= 0.6 is 11.3 Å². The number of aliphatic hydroxyl groups excluding tert-OH is 1. The molecule has 1 amide bonds. The topological polar surface area (TPSA) is 65.5 Å². The van der Waals surface area contributed by atoms with Crippen LogP contribution in [0.15, 0.2) is 35.7 Å². The van der Waals surface area contributed by atoms with Crippen molar-refractivity contribution in [3.05, 3.63) is 47.0 Å². The molecule has 112 valence electrons. The molecule has 0 spiro atoms. The minimum absolute atomic E-state index is 0.107. The zero-order valence-electron chi connectivity index (χ0n) is 12.0. The molecule has 0 fully saturated rings. The molecule has 5 nitrogen and oxygen atoms in total. The van der Waals surface area contributed by atoms with Crippen LogP contribution in [0, 0.1) is 0 Å². The highest BCUT2D eigenvalue weighted by molar-refractivity contribution is 7.13. The Morgan fingerprint density at radius 3 is 2.76 bits per heavy atom. The second-order valence-corrected chi connectivity index (χ2v) is 5.60. The first kappa shape index (κ1) is 15.6. The fraction of sp³-hybridized carbons (Fsp3) is 0.333. The molecule has 2 aromatic rings. The standard InChI is InChI=1S/C15H19N3O2S/c1-12(20)16-15-17-14(11-21-15)10-18(7-8-19)9-13-5-3-2-4-6-13/h2-6,11,19H,7-10H2,1H3,(H,16,17,20). The van der Waals surface area contributed by atoms with E-state index in [1.165, 1.54) is 23.8 Å². The van der Waals surface area contributed by atoms with Gasteiger partial charge in [-0.15, -0.1) is 11.3 Å². The van der Waals surface area contributed by atoms with E-state index in [9.17, 15) is 9.90 Å². The average molecular weight is 305 g/mol. The van der Waals surface area contributed by atoms with Crippen molar-refractivity contribution in [2.24, 2.45) is 0 Å². The molecular weight excluding hydrogens is 286 g/mol. The van der Waals surface area contributed by atoms with Crippen molar-refractivity contribution in [3.63, 3.8) is 0 Å². The summed E-state index contributed by atoms with van der Waals surface area (Å²) in [6.07, 6.45) is 0. The summed E-state index contributed by atoms with van der Waals surface area (Å²) in [6, 6.07) is 10.1.